The van der Waals surface area contributed by atoms with Crippen LogP contribution in [0.25, 0.3) is 0 Å². The summed E-state index contributed by atoms with van der Waals surface area (Å²) in [6.07, 6.45) is 5.34. The number of nitrogens with zero attached hydrogens (tertiary/aromatic N) is 4. The van der Waals surface area contributed by atoms with Gasteiger partial charge in [-0.25, -0.2) is 0 Å². The van der Waals surface area contributed by atoms with Crippen LogP contribution in [0.1, 0.15) is 12.1 Å². The first-order valence-electron chi connectivity index (χ1n) is 6.14. The summed E-state index contributed by atoms with van der Waals surface area (Å²) >= 11 is 0. The lowest BCUT2D eigenvalue weighted by Gasteiger charge is -2.04. The number of aryl methyl sites for hydroxylation is 2. The van der Waals surface area contributed by atoms with E-state index in [-0.39, 0.29) is 6.61 Å². The van der Waals surface area contributed by atoms with Crippen molar-refractivity contribution in [3.8, 4) is 0 Å². The quantitative estimate of drug-likeness (QED) is 0.756. The molecule has 2 aromatic heterocycles. The predicted octanol–water partition coefficient (Wildman–Crippen LogP) is 0.654. The normalized spacial score (nSPS) is 10.8. The molecule has 0 saturated heterocycles. The van der Waals surface area contributed by atoms with E-state index >= 15 is 0 Å². The molecule has 2 N–H and O–H groups in total. The molecule has 98 valence electrons. The summed E-state index contributed by atoms with van der Waals surface area (Å²) in [6, 6.07) is 3.96. The van der Waals surface area contributed by atoms with Gasteiger partial charge in [-0.3, -0.25) is 9.36 Å². The van der Waals surface area contributed by atoms with Crippen molar-refractivity contribution in [3.63, 3.8) is 0 Å². The van der Waals surface area contributed by atoms with E-state index in [2.05, 4.69) is 15.5 Å². The van der Waals surface area contributed by atoms with Crippen molar-refractivity contribution in [1.82, 2.24) is 19.6 Å². The summed E-state index contributed by atoms with van der Waals surface area (Å²) in [4.78, 5) is 0. The Morgan fingerprint density at radius 1 is 1.39 bits per heavy atom. The fraction of sp³-hybridized carbons (Fsp3) is 0.500. The molecule has 2 aromatic rings. The molecule has 0 spiro atoms. The zero-order chi connectivity index (χ0) is 12.8. The molecule has 0 amide bonds. The summed E-state index contributed by atoms with van der Waals surface area (Å²) in [5, 5.41) is 20.6. The summed E-state index contributed by atoms with van der Waals surface area (Å²) in [6.45, 7) is 1.81. The maximum absolute atomic E-state index is 8.75. The molecule has 0 aliphatic rings. The van der Waals surface area contributed by atoms with Crippen molar-refractivity contribution in [2.45, 2.75) is 19.4 Å². The maximum atomic E-state index is 8.75. The van der Waals surface area contributed by atoms with E-state index in [4.69, 9.17) is 5.11 Å². The molecular weight excluding hydrogens is 230 g/mol. The van der Waals surface area contributed by atoms with Gasteiger partial charge < -0.3 is 10.4 Å². The number of rotatable bonds is 7. The first-order chi connectivity index (χ1) is 8.79. The molecule has 0 aliphatic carbocycles. The maximum Gasteiger partial charge on any atom is 0.123 e. The summed E-state index contributed by atoms with van der Waals surface area (Å²) in [5.41, 5.74) is 1.06. The second kappa shape index (κ2) is 6.20. The van der Waals surface area contributed by atoms with Crippen molar-refractivity contribution in [1.29, 1.82) is 0 Å². The third kappa shape index (κ3) is 3.33. The Bertz CT molecular complexity index is 476. The lowest BCUT2D eigenvalue weighted by molar-refractivity contribution is 0.277. The Labute approximate surface area is 106 Å². The number of aromatic nitrogens is 4. The highest BCUT2D eigenvalue weighted by Gasteiger charge is 2.00. The Morgan fingerprint density at radius 3 is 3.00 bits per heavy atom. The zero-order valence-corrected chi connectivity index (χ0v) is 10.6. The van der Waals surface area contributed by atoms with Crippen LogP contribution in [-0.4, -0.2) is 37.8 Å². The van der Waals surface area contributed by atoms with Crippen molar-refractivity contribution in [2.24, 2.45) is 7.05 Å². The number of nitrogens with one attached hydrogen (secondary N) is 1. The molecule has 18 heavy (non-hydrogen) atoms. The van der Waals surface area contributed by atoms with Crippen LogP contribution in [0.3, 0.4) is 0 Å². The smallest absolute Gasteiger partial charge is 0.123 e. The van der Waals surface area contributed by atoms with E-state index < -0.39 is 0 Å². The minimum Gasteiger partial charge on any atom is -0.396 e. The zero-order valence-electron chi connectivity index (χ0n) is 10.6. The molecule has 2 rings (SSSR count). The number of hydrogen-bond donors (Lipinski definition) is 2. The Balaban J connectivity index is 1.76. The summed E-state index contributed by atoms with van der Waals surface area (Å²) in [5.74, 6) is 1.01. The van der Waals surface area contributed by atoms with Gasteiger partial charge in [-0.15, -0.1) is 0 Å². The van der Waals surface area contributed by atoms with Gasteiger partial charge in [0, 0.05) is 45.4 Å². The highest BCUT2D eigenvalue weighted by atomic mass is 16.3. The largest absolute Gasteiger partial charge is 0.396 e. The third-order valence-corrected chi connectivity index (χ3v) is 2.75. The molecule has 2 heterocycles. The van der Waals surface area contributed by atoms with Gasteiger partial charge in [0.2, 0.25) is 0 Å². The van der Waals surface area contributed by atoms with E-state index in [0.29, 0.717) is 0 Å². The molecule has 0 saturated carbocycles. The van der Waals surface area contributed by atoms with Crippen LogP contribution >= 0.6 is 0 Å². The first kappa shape index (κ1) is 12.6. The van der Waals surface area contributed by atoms with Crippen LogP contribution in [0.5, 0.6) is 0 Å². The van der Waals surface area contributed by atoms with Gasteiger partial charge in [0.1, 0.15) is 5.82 Å². The number of aliphatic hydroxyl groups is 1. The average molecular weight is 249 g/mol. The van der Waals surface area contributed by atoms with Gasteiger partial charge in [-0.05, 0) is 12.5 Å². The van der Waals surface area contributed by atoms with Gasteiger partial charge in [-0.2, -0.15) is 10.2 Å². The van der Waals surface area contributed by atoms with Gasteiger partial charge in [0.15, 0.2) is 0 Å². The van der Waals surface area contributed by atoms with Crippen LogP contribution < -0.4 is 5.32 Å². The second-order valence-electron chi connectivity index (χ2n) is 4.16. The second-order valence-corrected chi connectivity index (χ2v) is 4.16. The number of hydrogen-bond acceptors (Lipinski definition) is 4. The van der Waals surface area contributed by atoms with Crippen molar-refractivity contribution in [2.75, 3.05) is 18.5 Å². The van der Waals surface area contributed by atoms with Gasteiger partial charge in [-0.1, -0.05) is 0 Å². The standard InChI is InChI=1S/C12H19N5O/c1-16-12(4-7-14-16)13-6-3-11-5-9-17(15-11)8-2-10-18/h4-5,7,9,13,18H,2-3,6,8,10H2,1H3. The fourth-order valence-electron chi connectivity index (χ4n) is 1.76. The summed E-state index contributed by atoms with van der Waals surface area (Å²) < 4.78 is 3.68. The number of aliphatic hydroxyl groups excluding tert-OH is 1. The lowest BCUT2D eigenvalue weighted by atomic mass is 10.3. The van der Waals surface area contributed by atoms with Crippen molar-refractivity contribution < 1.29 is 5.11 Å². The van der Waals surface area contributed by atoms with E-state index in [1.165, 1.54) is 0 Å². The summed E-state index contributed by atoms with van der Waals surface area (Å²) in [7, 11) is 1.91. The molecule has 6 heteroatoms. The molecule has 0 aliphatic heterocycles. The van der Waals surface area contributed by atoms with E-state index in [1.807, 2.05) is 30.1 Å². The topological polar surface area (TPSA) is 67.9 Å². The van der Waals surface area contributed by atoms with Crippen LogP contribution in [-0.2, 0) is 20.0 Å². The highest BCUT2D eigenvalue weighted by molar-refractivity contribution is 5.33. The van der Waals surface area contributed by atoms with Crippen LogP contribution in [0.15, 0.2) is 24.5 Å². The first-order valence-corrected chi connectivity index (χ1v) is 6.14. The third-order valence-electron chi connectivity index (χ3n) is 2.75. The molecule has 0 unspecified atom stereocenters. The Morgan fingerprint density at radius 2 is 2.28 bits per heavy atom. The van der Waals surface area contributed by atoms with Gasteiger partial charge >= 0.3 is 0 Å². The highest BCUT2D eigenvalue weighted by Crippen LogP contribution is 2.04. The Kier molecular flexibility index (Phi) is 4.35. The molecule has 0 bridgehead atoms. The Hall–Kier alpha value is -1.82. The molecule has 0 radical (unpaired) electrons. The molecule has 0 fully saturated rings. The number of anilines is 1. The fourth-order valence-corrected chi connectivity index (χ4v) is 1.76. The predicted molar refractivity (Wildman–Crippen MR) is 69.3 cm³/mol. The van der Waals surface area contributed by atoms with Crippen molar-refractivity contribution in [3.05, 3.63) is 30.2 Å². The lowest BCUT2D eigenvalue weighted by Crippen LogP contribution is -2.09. The molecule has 0 aromatic carbocycles. The minimum absolute atomic E-state index is 0.206. The average Bonchev–Trinajstić information content (AvgIpc) is 2.97. The van der Waals surface area contributed by atoms with Crippen LogP contribution in [0.2, 0.25) is 0 Å². The minimum atomic E-state index is 0.206. The van der Waals surface area contributed by atoms with Gasteiger partial charge in [0.25, 0.3) is 0 Å². The monoisotopic (exact) mass is 249 g/mol. The van der Waals surface area contributed by atoms with E-state index in [0.717, 1.165) is 37.4 Å². The van der Waals surface area contributed by atoms with E-state index in [1.54, 1.807) is 10.9 Å². The van der Waals surface area contributed by atoms with Crippen molar-refractivity contribution >= 4 is 5.82 Å². The van der Waals surface area contributed by atoms with Gasteiger partial charge in [0.05, 0.1) is 11.9 Å². The molecule has 0 atom stereocenters. The molecule has 6 nitrogen and oxygen atoms in total. The SMILES string of the molecule is Cn1nccc1NCCc1ccn(CCCO)n1. The van der Waals surface area contributed by atoms with Crippen LogP contribution in [0.4, 0.5) is 5.82 Å². The molecular formula is C12H19N5O. The van der Waals surface area contributed by atoms with E-state index in [9.17, 15) is 0 Å². The van der Waals surface area contributed by atoms with Crippen LogP contribution in [0, 0.1) is 0 Å².